The van der Waals surface area contributed by atoms with Gasteiger partial charge < -0.3 is 20.6 Å². The van der Waals surface area contributed by atoms with Crippen molar-refractivity contribution in [3.63, 3.8) is 0 Å². The standard InChI is InChI=1S/C20H25NO5/c1-3-4-8-15(23)17-12(7-5-6-9-22)10-13-18(20(17)26)16(24)11-14(21-2)19(13)25/h5-6,10-11,15,21-23,26H,3-4,7-9H2,1-2H3/b6-5+. The predicted octanol–water partition coefficient (Wildman–Crippen LogP) is 2.19. The van der Waals surface area contributed by atoms with E-state index in [1.165, 1.54) is 0 Å². The van der Waals surface area contributed by atoms with Crippen molar-refractivity contribution in [3.8, 4) is 5.75 Å². The second kappa shape index (κ2) is 8.78. The third-order valence-corrected chi connectivity index (χ3v) is 4.48. The number of fused-ring (bicyclic) bond motifs is 1. The van der Waals surface area contributed by atoms with Crippen LogP contribution in [0.5, 0.6) is 5.75 Å². The number of allylic oxidation sites excluding steroid dienone is 3. The van der Waals surface area contributed by atoms with E-state index >= 15 is 0 Å². The molecule has 0 bridgehead atoms. The zero-order valence-corrected chi connectivity index (χ0v) is 15.1. The molecule has 0 aromatic heterocycles. The van der Waals surface area contributed by atoms with Crippen molar-refractivity contribution in [3.05, 3.63) is 52.2 Å². The van der Waals surface area contributed by atoms with Crippen molar-refractivity contribution < 1.29 is 24.9 Å². The molecule has 0 saturated carbocycles. The average Bonchev–Trinajstić information content (AvgIpc) is 2.62. The molecule has 0 saturated heterocycles. The molecule has 0 aliphatic heterocycles. The van der Waals surface area contributed by atoms with E-state index in [2.05, 4.69) is 5.32 Å². The summed E-state index contributed by atoms with van der Waals surface area (Å²) in [5.41, 5.74) is 1.07. The maximum absolute atomic E-state index is 12.6. The van der Waals surface area contributed by atoms with Gasteiger partial charge in [-0.25, -0.2) is 0 Å². The van der Waals surface area contributed by atoms with Crippen LogP contribution in [0.1, 0.15) is 64.1 Å². The Balaban J connectivity index is 2.61. The topological polar surface area (TPSA) is 107 Å². The van der Waals surface area contributed by atoms with Gasteiger partial charge in [-0.2, -0.15) is 0 Å². The van der Waals surface area contributed by atoms with Gasteiger partial charge in [-0.15, -0.1) is 0 Å². The van der Waals surface area contributed by atoms with E-state index in [-0.39, 0.29) is 40.5 Å². The summed E-state index contributed by atoms with van der Waals surface area (Å²) < 4.78 is 0. The second-order valence-electron chi connectivity index (χ2n) is 6.24. The summed E-state index contributed by atoms with van der Waals surface area (Å²) in [4.78, 5) is 25.0. The first-order chi connectivity index (χ1) is 12.5. The molecule has 2 rings (SSSR count). The third kappa shape index (κ3) is 3.86. The van der Waals surface area contributed by atoms with Crippen LogP contribution in [0.15, 0.2) is 30.0 Å². The Kier molecular flexibility index (Phi) is 6.71. The van der Waals surface area contributed by atoms with Gasteiger partial charge in [0.1, 0.15) is 5.75 Å². The first-order valence-electron chi connectivity index (χ1n) is 8.77. The summed E-state index contributed by atoms with van der Waals surface area (Å²) in [5, 5.41) is 32.9. The SMILES string of the molecule is CCCCC(O)c1c(C/C=C/CO)cc2c(c1O)C(=O)C=C(NC)C2=O. The lowest BCUT2D eigenvalue weighted by Crippen LogP contribution is -2.25. The van der Waals surface area contributed by atoms with E-state index in [1.807, 2.05) is 6.92 Å². The number of likely N-dealkylation sites (N-methyl/N-ethyl adjacent to an activating group) is 1. The summed E-state index contributed by atoms with van der Waals surface area (Å²) in [5.74, 6) is -1.18. The van der Waals surface area contributed by atoms with E-state index in [1.54, 1.807) is 25.3 Å². The van der Waals surface area contributed by atoms with E-state index in [0.717, 1.165) is 18.9 Å². The summed E-state index contributed by atoms with van der Waals surface area (Å²) in [7, 11) is 1.55. The van der Waals surface area contributed by atoms with Gasteiger partial charge in [0.05, 0.1) is 24.0 Å². The fraction of sp³-hybridized carbons (Fsp3) is 0.400. The fourth-order valence-electron chi connectivity index (χ4n) is 3.13. The number of carbonyl (C=O) groups is 2. The number of hydrogen-bond donors (Lipinski definition) is 4. The van der Waals surface area contributed by atoms with Gasteiger partial charge in [-0.3, -0.25) is 9.59 Å². The van der Waals surface area contributed by atoms with Crippen molar-refractivity contribution in [2.24, 2.45) is 0 Å². The molecule has 6 nitrogen and oxygen atoms in total. The maximum Gasteiger partial charge on any atom is 0.209 e. The van der Waals surface area contributed by atoms with Crippen LogP contribution in [0.3, 0.4) is 0 Å². The monoisotopic (exact) mass is 359 g/mol. The quantitative estimate of drug-likeness (QED) is 0.530. The Morgan fingerprint density at radius 3 is 2.62 bits per heavy atom. The number of phenolic OH excluding ortho intramolecular Hbond substituents is 1. The minimum atomic E-state index is -0.935. The molecular formula is C20H25NO5. The number of ketones is 2. The van der Waals surface area contributed by atoms with Crippen LogP contribution in [-0.2, 0) is 6.42 Å². The Hall–Kier alpha value is -2.44. The molecule has 0 heterocycles. The molecule has 140 valence electrons. The van der Waals surface area contributed by atoms with Gasteiger partial charge in [0.2, 0.25) is 5.78 Å². The third-order valence-electron chi connectivity index (χ3n) is 4.48. The first-order valence-corrected chi connectivity index (χ1v) is 8.77. The van der Waals surface area contributed by atoms with Gasteiger partial charge in [-0.05, 0) is 24.5 Å². The highest BCUT2D eigenvalue weighted by Crippen LogP contribution is 2.39. The second-order valence-corrected chi connectivity index (χ2v) is 6.24. The highest BCUT2D eigenvalue weighted by molar-refractivity contribution is 6.25. The van der Waals surface area contributed by atoms with E-state index in [0.29, 0.717) is 18.4 Å². The Morgan fingerprint density at radius 1 is 1.27 bits per heavy atom. The minimum Gasteiger partial charge on any atom is -0.507 e. The van der Waals surface area contributed by atoms with Crippen LogP contribution < -0.4 is 5.32 Å². The summed E-state index contributed by atoms with van der Waals surface area (Å²) >= 11 is 0. The number of hydrogen-bond acceptors (Lipinski definition) is 6. The van der Waals surface area contributed by atoms with E-state index in [9.17, 15) is 19.8 Å². The normalized spacial score (nSPS) is 15.2. The van der Waals surface area contributed by atoms with Crippen molar-refractivity contribution in [2.45, 2.75) is 38.7 Å². The number of aliphatic hydroxyl groups is 2. The van der Waals surface area contributed by atoms with E-state index in [4.69, 9.17) is 5.11 Å². The van der Waals surface area contributed by atoms with Crippen molar-refractivity contribution in [2.75, 3.05) is 13.7 Å². The van der Waals surface area contributed by atoms with Crippen LogP contribution in [-0.4, -0.2) is 40.5 Å². The number of carbonyl (C=O) groups excluding carboxylic acids is 2. The molecular weight excluding hydrogens is 334 g/mol. The lowest BCUT2D eigenvalue weighted by atomic mass is 9.84. The number of unbranched alkanes of at least 4 members (excludes halogenated alkanes) is 1. The smallest absolute Gasteiger partial charge is 0.209 e. The molecule has 0 amide bonds. The van der Waals surface area contributed by atoms with Crippen molar-refractivity contribution >= 4 is 11.6 Å². The van der Waals surface area contributed by atoms with Gasteiger partial charge in [0, 0.05) is 24.3 Å². The Morgan fingerprint density at radius 2 is 2.00 bits per heavy atom. The first kappa shape index (κ1) is 19.9. The number of nitrogens with one attached hydrogen (secondary N) is 1. The van der Waals surface area contributed by atoms with Crippen LogP contribution in [0.4, 0.5) is 0 Å². The zero-order chi connectivity index (χ0) is 19.3. The van der Waals surface area contributed by atoms with Crippen LogP contribution in [0.25, 0.3) is 0 Å². The summed E-state index contributed by atoms with van der Waals surface area (Å²) in [6.07, 6.45) is 5.88. The molecule has 1 aromatic carbocycles. The summed E-state index contributed by atoms with van der Waals surface area (Å²) in [6, 6.07) is 1.56. The molecule has 1 aliphatic rings. The highest BCUT2D eigenvalue weighted by atomic mass is 16.3. The number of aromatic hydroxyl groups is 1. The fourth-order valence-corrected chi connectivity index (χ4v) is 3.13. The molecule has 6 heteroatoms. The summed E-state index contributed by atoms with van der Waals surface area (Å²) in [6.45, 7) is 1.87. The molecule has 1 aromatic rings. The van der Waals surface area contributed by atoms with Crippen molar-refractivity contribution in [1.82, 2.24) is 5.32 Å². The number of rotatable bonds is 8. The van der Waals surface area contributed by atoms with Crippen LogP contribution in [0, 0.1) is 0 Å². The number of benzene rings is 1. The minimum absolute atomic E-state index is 0.0607. The molecule has 1 atom stereocenters. The average molecular weight is 359 g/mol. The molecule has 0 radical (unpaired) electrons. The lowest BCUT2D eigenvalue weighted by molar-refractivity contribution is 0.0975. The number of phenols is 1. The molecule has 1 aliphatic carbocycles. The van der Waals surface area contributed by atoms with Crippen LogP contribution >= 0.6 is 0 Å². The van der Waals surface area contributed by atoms with Gasteiger partial charge in [0.15, 0.2) is 5.78 Å². The van der Waals surface area contributed by atoms with Gasteiger partial charge in [0.25, 0.3) is 0 Å². The maximum atomic E-state index is 12.6. The predicted molar refractivity (Wildman–Crippen MR) is 98.3 cm³/mol. The van der Waals surface area contributed by atoms with Gasteiger partial charge in [-0.1, -0.05) is 31.9 Å². The van der Waals surface area contributed by atoms with Crippen LogP contribution in [0.2, 0.25) is 0 Å². The zero-order valence-electron chi connectivity index (χ0n) is 15.1. The largest absolute Gasteiger partial charge is 0.507 e. The van der Waals surface area contributed by atoms with Crippen molar-refractivity contribution in [1.29, 1.82) is 0 Å². The lowest BCUT2D eigenvalue weighted by Gasteiger charge is -2.23. The highest BCUT2D eigenvalue weighted by Gasteiger charge is 2.32. The number of Topliss-reactive ketones (excluding diaryl/α,β-unsaturated/α-hetero) is 1. The molecule has 26 heavy (non-hydrogen) atoms. The Labute approximate surface area is 152 Å². The molecule has 1 unspecified atom stereocenters. The molecule has 4 N–H and O–H groups in total. The number of aliphatic hydroxyl groups excluding tert-OH is 2. The van der Waals surface area contributed by atoms with E-state index < -0.39 is 11.9 Å². The molecule has 0 fully saturated rings. The molecule has 0 spiro atoms. The Bertz CT molecular complexity index is 764. The van der Waals surface area contributed by atoms with Gasteiger partial charge >= 0.3 is 0 Å².